The van der Waals surface area contributed by atoms with E-state index in [4.69, 9.17) is 9.47 Å². The van der Waals surface area contributed by atoms with Crippen LogP contribution in [-0.4, -0.2) is 41.6 Å². The average Bonchev–Trinajstić information content (AvgIpc) is 3.52. The fraction of sp³-hybridized carbons (Fsp3) is 0.0870. The SMILES string of the molecule is c1ccc(-n2nnnc2Sc2nnc([C@@H]3COc4ccccc4O3)n2-c2ccccc2)cc1. The van der Waals surface area contributed by atoms with Crippen LogP contribution < -0.4 is 9.47 Å². The van der Waals surface area contributed by atoms with Gasteiger partial charge in [-0.05, 0) is 58.6 Å². The second-order valence-electron chi connectivity index (χ2n) is 7.19. The van der Waals surface area contributed by atoms with Crippen molar-refractivity contribution in [2.75, 3.05) is 6.61 Å². The standard InChI is InChI=1S/C23H17N7O2S/c1-3-9-16(10-4-1)29-21(20-15-31-18-13-7-8-14-19(18)32-20)24-25-22(29)33-23-26-27-28-30(23)17-11-5-2-6-12-17/h1-14,20H,15H2/t20-/m0/s1. The largest absolute Gasteiger partial charge is 0.485 e. The van der Waals surface area contributed by atoms with Crippen LogP contribution in [-0.2, 0) is 0 Å². The zero-order valence-electron chi connectivity index (χ0n) is 17.2. The molecule has 2 aromatic heterocycles. The van der Waals surface area contributed by atoms with E-state index in [2.05, 4.69) is 25.7 Å². The Morgan fingerprint density at radius 2 is 1.42 bits per heavy atom. The van der Waals surface area contributed by atoms with Gasteiger partial charge in [-0.2, -0.15) is 4.68 Å². The number of para-hydroxylation sites is 4. The lowest BCUT2D eigenvalue weighted by Gasteiger charge is -2.26. The first-order valence-corrected chi connectivity index (χ1v) is 11.1. The third-order valence-corrected chi connectivity index (χ3v) is 5.98. The normalized spacial score (nSPS) is 14.8. The molecule has 0 saturated carbocycles. The van der Waals surface area contributed by atoms with Crippen molar-refractivity contribution in [3.05, 3.63) is 90.8 Å². The molecule has 1 atom stereocenters. The van der Waals surface area contributed by atoms with Crippen LogP contribution >= 0.6 is 11.8 Å². The van der Waals surface area contributed by atoms with Gasteiger partial charge in [-0.1, -0.05) is 48.5 Å². The molecule has 3 heterocycles. The van der Waals surface area contributed by atoms with Crippen molar-refractivity contribution in [3.8, 4) is 22.9 Å². The number of rotatable bonds is 5. The lowest BCUT2D eigenvalue weighted by molar-refractivity contribution is 0.0835. The lowest BCUT2D eigenvalue weighted by atomic mass is 10.2. The molecule has 0 spiro atoms. The topological polar surface area (TPSA) is 92.8 Å². The smallest absolute Gasteiger partial charge is 0.221 e. The minimum atomic E-state index is -0.424. The van der Waals surface area contributed by atoms with Crippen LogP contribution in [0.15, 0.2) is 95.2 Å². The Bertz CT molecular complexity index is 1390. The highest BCUT2D eigenvalue weighted by Gasteiger charge is 2.30. The second-order valence-corrected chi connectivity index (χ2v) is 8.12. The van der Waals surface area contributed by atoms with Gasteiger partial charge in [-0.25, -0.2) is 0 Å². The molecule has 0 radical (unpaired) electrons. The van der Waals surface area contributed by atoms with Gasteiger partial charge in [0.25, 0.3) is 0 Å². The number of tetrazole rings is 1. The minimum absolute atomic E-state index is 0.328. The van der Waals surface area contributed by atoms with Crippen molar-refractivity contribution in [2.24, 2.45) is 0 Å². The number of hydrogen-bond donors (Lipinski definition) is 0. The summed E-state index contributed by atoms with van der Waals surface area (Å²) in [7, 11) is 0. The zero-order chi connectivity index (χ0) is 22.0. The van der Waals surface area contributed by atoms with E-state index in [0.717, 1.165) is 17.1 Å². The molecule has 1 aliphatic rings. The molecule has 162 valence electrons. The van der Waals surface area contributed by atoms with Crippen LogP contribution in [0.25, 0.3) is 11.4 Å². The van der Waals surface area contributed by atoms with Gasteiger partial charge in [0, 0.05) is 5.69 Å². The highest BCUT2D eigenvalue weighted by atomic mass is 32.2. The Balaban J connectivity index is 1.40. The van der Waals surface area contributed by atoms with Gasteiger partial charge in [-0.3, -0.25) is 4.57 Å². The van der Waals surface area contributed by atoms with Crippen molar-refractivity contribution < 1.29 is 9.47 Å². The highest BCUT2D eigenvalue weighted by molar-refractivity contribution is 7.99. The van der Waals surface area contributed by atoms with Gasteiger partial charge in [-0.15, -0.1) is 15.3 Å². The van der Waals surface area contributed by atoms with E-state index >= 15 is 0 Å². The van der Waals surface area contributed by atoms with Gasteiger partial charge in [0.15, 0.2) is 23.4 Å². The van der Waals surface area contributed by atoms with Crippen LogP contribution in [0.1, 0.15) is 11.9 Å². The van der Waals surface area contributed by atoms with E-state index in [-0.39, 0.29) is 0 Å². The van der Waals surface area contributed by atoms with Crippen LogP contribution in [0.3, 0.4) is 0 Å². The number of hydrogen-bond acceptors (Lipinski definition) is 8. The molecule has 0 fully saturated rings. The summed E-state index contributed by atoms with van der Waals surface area (Å²) in [5.74, 6) is 2.03. The van der Waals surface area contributed by atoms with Gasteiger partial charge in [0.05, 0.1) is 5.69 Å². The van der Waals surface area contributed by atoms with E-state index in [9.17, 15) is 0 Å². The average molecular weight is 456 g/mol. The van der Waals surface area contributed by atoms with Gasteiger partial charge in [0.2, 0.25) is 10.3 Å². The van der Waals surface area contributed by atoms with Crippen molar-refractivity contribution in [1.82, 2.24) is 35.0 Å². The fourth-order valence-corrected chi connectivity index (χ4v) is 4.42. The number of ether oxygens (including phenoxy) is 2. The third kappa shape index (κ3) is 3.70. The summed E-state index contributed by atoms with van der Waals surface area (Å²) in [6.45, 7) is 0.328. The van der Waals surface area contributed by atoms with Crippen LogP contribution in [0, 0.1) is 0 Å². The van der Waals surface area contributed by atoms with Gasteiger partial charge < -0.3 is 9.47 Å². The maximum Gasteiger partial charge on any atom is 0.221 e. The number of fused-ring (bicyclic) bond motifs is 1. The molecular formula is C23H17N7O2S. The molecule has 0 unspecified atom stereocenters. The number of benzene rings is 3. The number of aromatic nitrogens is 7. The molecule has 9 nitrogen and oxygen atoms in total. The van der Waals surface area contributed by atoms with Crippen molar-refractivity contribution in [3.63, 3.8) is 0 Å². The van der Waals surface area contributed by atoms with Gasteiger partial charge >= 0.3 is 0 Å². The third-order valence-electron chi connectivity index (χ3n) is 5.09. The first kappa shape index (κ1) is 19.5. The first-order valence-electron chi connectivity index (χ1n) is 10.3. The lowest BCUT2D eigenvalue weighted by Crippen LogP contribution is -2.24. The molecule has 0 N–H and O–H groups in total. The molecule has 33 heavy (non-hydrogen) atoms. The quantitative estimate of drug-likeness (QED) is 0.394. The monoisotopic (exact) mass is 455 g/mol. The molecule has 5 aromatic rings. The van der Waals surface area contributed by atoms with E-state index < -0.39 is 6.10 Å². The summed E-state index contributed by atoms with van der Waals surface area (Å²) in [6, 6.07) is 27.2. The summed E-state index contributed by atoms with van der Waals surface area (Å²) in [4.78, 5) is 0. The van der Waals surface area contributed by atoms with Crippen LogP contribution in [0.5, 0.6) is 11.5 Å². The van der Waals surface area contributed by atoms with E-state index in [1.807, 2.05) is 89.5 Å². The van der Waals surface area contributed by atoms with Crippen LogP contribution in [0.2, 0.25) is 0 Å². The van der Waals surface area contributed by atoms with Crippen molar-refractivity contribution >= 4 is 11.8 Å². The molecule has 10 heteroatoms. The molecule has 3 aromatic carbocycles. The molecule has 0 bridgehead atoms. The number of nitrogens with zero attached hydrogens (tertiary/aromatic N) is 7. The van der Waals surface area contributed by atoms with E-state index in [0.29, 0.717) is 28.5 Å². The molecule has 0 aliphatic carbocycles. The summed E-state index contributed by atoms with van der Waals surface area (Å²) in [5, 5.41) is 22.3. The zero-order valence-corrected chi connectivity index (χ0v) is 18.0. The molecule has 1 aliphatic heterocycles. The maximum absolute atomic E-state index is 6.22. The fourth-order valence-electron chi connectivity index (χ4n) is 3.58. The Labute approximate surface area is 193 Å². The van der Waals surface area contributed by atoms with Gasteiger partial charge in [0.1, 0.15) is 6.61 Å². The molecular weight excluding hydrogens is 438 g/mol. The first-order chi connectivity index (χ1) is 16.4. The second kappa shape index (κ2) is 8.40. The minimum Gasteiger partial charge on any atom is -0.485 e. The Morgan fingerprint density at radius 1 is 0.727 bits per heavy atom. The summed E-state index contributed by atoms with van der Waals surface area (Å²) in [5.41, 5.74) is 1.76. The molecule has 6 rings (SSSR count). The highest BCUT2D eigenvalue weighted by Crippen LogP contribution is 2.37. The summed E-state index contributed by atoms with van der Waals surface area (Å²) < 4.78 is 15.8. The van der Waals surface area contributed by atoms with E-state index in [1.165, 1.54) is 11.8 Å². The molecule has 0 saturated heterocycles. The Kier molecular flexibility index (Phi) is 4.96. The Morgan fingerprint density at radius 3 is 2.21 bits per heavy atom. The summed E-state index contributed by atoms with van der Waals surface area (Å²) in [6.07, 6.45) is -0.424. The Hall–Kier alpha value is -4.18. The summed E-state index contributed by atoms with van der Waals surface area (Å²) >= 11 is 1.33. The predicted molar refractivity (Wildman–Crippen MR) is 120 cm³/mol. The molecule has 0 amide bonds. The van der Waals surface area contributed by atoms with Crippen LogP contribution in [0.4, 0.5) is 0 Å². The van der Waals surface area contributed by atoms with Crippen molar-refractivity contribution in [2.45, 2.75) is 16.4 Å². The van der Waals surface area contributed by atoms with Crippen molar-refractivity contribution in [1.29, 1.82) is 0 Å². The predicted octanol–water partition coefficient (Wildman–Crippen LogP) is 3.91. The van der Waals surface area contributed by atoms with E-state index in [1.54, 1.807) is 4.68 Å². The maximum atomic E-state index is 6.22.